The van der Waals surface area contributed by atoms with Crippen LogP contribution in [0.15, 0.2) is 42.7 Å². The Bertz CT molecular complexity index is 794. The van der Waals surface area contributed by atoms with E-state index in [2.05, 4.69) is 4.98 Å². The van der Waals surface area contributed by atoms with Crippen molar-refractivity contribution in [3.63, 3.8) is 0 Å². The van der Waals surface area contributed by atoms with Crippen molar-refractivity contribution in [3.8, 4) is 11.1 Å². The molecule has 1 fully saturated rings. The first-order chi connectivity index (χ1) is 12.5. The molecule has 136 valence electrons. The van der Waals surface area contributed by atoms with Crippen molar-refractivity contribution < 1.29 is 14.7 Å². The quantitative estimate of drug-likeness (QED) is 0.915. The van der Waals surface area contributed by atoms with Crippen LogP contribution in [0.25, 0.3) is 11.1 Å². The van der Waals surface area contributed by atoms with E-state index < -0.39 is 5.97 Å². The number of benzene rings is 1. The van der Waals surface area contributed by atoms with Crippen LogP contribution in [0.2, 0.25) is 0 Å². The second-order valence-electron chi connectivity index (χ2n) is 6.81. The number of piperidine rings is 1. The number of aromatic nitrogens is 1. The smallest absolute Gasteiger partial charge is 0.306 e. The summed E-state index contributed by atoms with van der Waals surface area (Å²) in [6, 6.07) is 9.93. The van der Waals surface area contributed by atoms with E-state index >= 15 is 0 Å². The number of amides is 1. The Hall–Kier alpha value is -2.89. The van der Waals surface area contributed by atoms with Crippen LogP contribution in [-0.2, 0) is 4.79 Å². The number of likely N-dealkylation sites (tertiary alicyclic amines) is 1. The molecular weight excluding hydrogens is 330 g/mol. The molecule has 6 heteroatoms. The fourth-order valence-corrected chi connectivity index (χ4v) is 3.18. The number of carboxylic acid groups (broad SMARTS) is 1. The van der Waals surface area contributed by atoms with E-state index in [0.717, 1.165) is 16.8 Å². The molecule has 26 heavy (non-hydrogen) atoms. The van der Waals surface area contributed by atoms with E-state index in [1.807, 2.05) is 49.3 Å². The summed E-state index contributed by atoms with van der Waals surface area (Å²) in [6.07, 6.45) is 4.32. The zero-order chi connectivity index (χ0) is 18.7. The maximum Gasteiger partial charge on any atom is 0.306 e. The summed E-state index contributed by atoms with van der Waals surface area (Å²) in [6.45, 7) is 0.940. The van der Waals surface area contributed by atoms with Gasteiger partial charge in [0.1, 0.15) is 0 Å². The third-order valence-corrected chi connectivity index (χ3v) is 4.83. The fourth-order valence-electron chi connectivity index (χ4n) is 3.18. The molecule has 0 unspecified atom stereocenters. The highest BCUT2D eigenvalue weighted by atomic mass is 16.4. The average Bonchev–Trinajstić information content (AvgIpc) is 2.67. The maximum atomic E-state index is 12.7. The lowest BCUT2D eigenvalue weighted by Crippen LogP contribution is -2.40. The molecule has 1 aliphatic heterocycles. The second kappa shape index (κ2) is 7.56. The van der Waals surface area contributed by atoms with Gasteiger partial charge in [0, 0.05) is 50.8 Å². The van der Waals surface area contributed by atoms with Crippen LogP contribution in [0, 0.1) is 5.92 Å². The Balaban J connectivity index is 1.75. The van der Waals surface area contributed by atoms with Gasteiger partial charge in [-0.1, -0.05) is 12.1 Å². The van der Waals surface area contributed by atoms with Gasteiger partial charge < -0.3 is 14.9 Å². The molecule has 1 saturated heterocycles. The van der Waals surface area contributed by atoms with Gasteiger partial charge in [-0.15, -0.1) is 0 Å². The Labute approximate surface area is 153 Å². The van der Waals surface area contributed by atoms with Crippen LogP contribution in [0.4, 0.5) is 5.69 Å². The lowest BCUT2D eigenvalue weighted by atomic mass is 9.96. The van der Waals surface area contributed by atoms with Crippen molar-refractivity contribution in [2.45, 2.75) is 12.8 Å². The number of anilines is 1. The van der Waals surface area contributed by atoms with Crippen LogP contribution in [-0.4, -0.2) is 54.1 Å². The molecule has 0 atom stereocenters. The van der Waals surface area contributed by atoms with E-state index in [0.29, 0.717) is 31.5 Å². The Morgan fingerprint density at radius 1 is 1.08 bits per heavy atom. The average molecular weight is 353 g/mol. The van der Waals surface area contributed by atoms with Gasteiger partial charge in [0.25, 0.3) is 5.91 Å². The third kappa shape index (κ3) is 3.85. The number of carbonyl (C=O) groups excluding carboxylic acids is 1. The number of carbonyl (C=O) groups is 2. The van der Waals surface area contributed by atoms with E-state index in [9.17, 15) is 9.59 Å². The van der Waals surface area contributed by atoms with Gasteiger partial charge >= 0.3 is 5.97 Å². The zero-order valence-corrected chi connectivity index (χ0v) is 15.1. The van der Waals surface area contributed by atoms with E-state index in [1.165, 1.54) is 0 Å². The van der Waals surface area contributed by atoms with Gasteiger partial charge in [-0.2, -0.15) is 0 Å². The van der Waals surface area contributed by atoms with Gasteiger partial charge in [-0.05, 0) is 36.6 Å². The number of hydrogen-bond acceptors (Lipinski definition) is 4. The van der Waals surface area contributed by atoms with Gasteiger partial charge in [0.15, 0.2) is 0 Å². The number of pyridine rings is 1. The van der Waals surface area contributed by atoms with E-state index in [-0.39, 0.29) is 11.8 Å². The number of rotatable bonds is 4. The summed E-state index contributed by atoms with van der Waals surface area (Å²) in [5.41, 5.74) is 3.53. The minimum Gasteiger partial charge on any atom is -0.481 e. The molecule has 1 aliphatic rings. The molecule has 3 rings (SSSR count). The molecule has 0 aliphatic carbocycles. The lowest BCUT2D eigenvalue weighted by molar-refractivity contribution is -0.143. The number of nitrogens with zero attached hydrogens (tertiary/aromatic N) is 3. The van der Waals surface area contributed by atoms with Crippen molar-refractivity contribution in [2.24, 2.45) is 5.92 Å². The lowest BCUT2D eigenvalue weighted by Gasteiger charge is -2.30. The summed E-state index contributed by atoms with van der Waals surface area (Å²) in [5, 5.41) is 9.08. The molecule has 0 saturated carbocycles. The Morgan fingerprint density at radius 3 is 2.31 bits per heavy atom. The summed E-state index contributed by atoms with van der Waals surface area (Å²) >= 11 is 0. The molecule has 0 radical (unpaired) electrons. The summed E-state index contributed by atoms with van der Waals surface area (Å²) in [4.78, 5) is 31.8. The highest BCUT2D eigenvalue weighted by Gasteiger charge is 2.27. The van der Waals surface area contributed by atoms with Crippen molar-refractivity contribution in [1.29, 1.82) is 0 Å². The molecule has 1 N–H and O–H groups in total. The predicted octanol–water partition coefficient (Wildman–Crippen LogP) is 2.75. The standard InChI is InChI=1S/C20H23N3O3/c1-22(2)18-5-3-14(4-6-18)16-11-17(13-21-12-16)19(24)23-9-7-15(8-10-23)20(25)26/h3-6,11-13,15H,7-10H2,1-2H3,(H,25,26). The number of aliphatic carboxylic acids is 1. The van der Waals surface area contributed by atoms with Crippen LogP contribution >= 0.6 is 0 Å². The zero-order valence-electron chi connectivity index (χ0n) is 15.1. The van der Waals surface area contributed by atoms with E-state index in [1.54, 1.807) is 17.3 Å². The molecule has 0 spiro atoms. The highest BCUT2D eigenvalue weighted by molar-refractivity contribution is 5.95. The van der Waals surface area contributed by atoms with Gasteiger partial charge in [0.2, 0.25) is 0 Å². The van der Waals surface area contributed by atoms with Crippen LogP contribution in [0.1, 0.15) is 23.2 Å². The van der Waals surface area contributed by atoms with Crippen molar-refractivity contribution >= 4 is 17.6 Å². The molecule has 6 nitrogen and oxygen atoms in total. The third-order valence-electron chi connectivity index (χ3n) is 4.83. The van der Waals surface area contributed by atoms with Crippen molar-refractivity contribution in [3.05, 3.63) is 48.3 Å². The van der Waals surface area contributed by atoms with Crippen LogP contribution in [0.5, 0.6) is 0 Å². The summed E-state index contributed by atoms with van der Waals surface area (Å²) in [5.74, 6) is -1.21. The van der Waals surface area contributed by atoms with Crippen LogP contribution in [0.3, 0.4) is 0 Å². The fraction of sp³-hybridized carbons (Fsp3) is 0.350. The second-order valence-corrected chi connectivity index (χ2v) is 6.81. The first-order valence-electron chi connectivity index (χ1n) is 8.70. The van der Waals surface area contributed by atoms with Gasteiger partial charge in [-0.3, -0.25) is 14.6 Å². The molecule has 0 bridgehead atoms. The maximum absolute atomic E-state index is 12.7. The monoisotopic (exact) mass is 353 g/mol. The van der Waals surface area contributed by atoms with Crippen LogP contribution < -0.4 is 4.90 Å². The van der Waals surface area contributed by atoms with E-state index in [4.69, 9.17) is 5.11 Å². The predicted molar refractivity (Wildman–Crippen MR) is 100 cm³/mol. The molecular formula is C20H23N3O3. The Kier molecular flexibility index (Phi) is 5.21. The molecule has 2 aromatic rings. The minimum absolute atomic E-state index is 0.0897. The largest absolute Gasteiger partial charge is 0.481 e. The normalized spacial score (nSPS) is 14.9. The first kappa shape index (κ1) is 17.9. The molecule has 2 heterocycles. The number of hydrogen-bond donors (Lipinski definition) is 1. The molecule has 1 amide bonds. The molecule has 1 aromatic carbocycles. The SMILES string of the molecule is CN(C)c1ccc(-c2cncc(C(=O)N3CCC(C(=O)O)CC3)c2)cc1. The van der Waals surface area contributed by atoms with Gasteiger partial charge in [0.05, 0.1) is 11.5 Å². The Morgan fingerprint density at radius 2 is 1.73 bits per heavy atom. The summed E-state index contributed by atoms with van der Waals surface area (Å²) in [7, 11) is 3.98. The first-order valence-corrected chi connectivity index (χ1v) is 8.70. The topological polar surface area (TPSA) is 73.7 Å². The van der Waals surface area contributed by atoms with Crippen molar-refractivity contribution in [2.75, 3.05) is 32.1 Å². The van der Waals surface area contributed by atoms with Crippen molar-refractivity contribution in [1.82, 2.24) is 9.88 Å². The summed E-state index contributed by atoms with van der Waals surface area (Å²) < 4.78 is 0. The minimum atomic E-state index is -0.776. The molecule has 1 aromatic heterocycles. The number of carboxylic acids is 1. The van der Waals surface area contributed by atoms with Gasteiger partial charge in [-0.25, -0.2) is 0 Å². The highest BCUT2D eigenvalue weighted by Crippen LogP contribution is 2.24.